The lowest BCUT2D eigenvalue weighted by Crippen LogP contribution is -2.15. The van der Waals surface area contributed by atoms with Gasteiger partial charge in [-0.05, 0) is 17.7 Å². The van der Waals surface area contributed by atoms with Crippen LogP contribution in [-0.4, -0.2) is 11.9 Å². The Bertz CT molecular complexity index is 280. The van der Waals surface area contributed by atoms with Crippen LogP contribution in [0.5, 0.6) is 0 Å². The van der Waals surface area contributed by atoms with Crippen LogP contribution in [0.3, 0.4) is 0 Å². The van der Waals surface area contributed by atoms with Gasteiger partial charge < -0.3 is 5.32 Å². The second-order valence-corrected chi connectivity index (χ2v) is 3.80. The van der Waals surface area contributed by atoms with Crippen LogP contribution in [0.25, 0.3) is 0 Å². The Balaban J connectivity index is 2.56. The highest BCUT2D eigenvalue weighted by molar-refractivity contribution is 9.09. The van der Waals surface area contributed by atoms with Crippen LogP contribution >= 0.6 is 27.5 Å². The fourth-order valence-corrected chi connectivity index (χ4v) is 1.47. The lowest BCUT2D eigenvalue weighted by Gasteiger charge is -2.04. The van der Waals surface area contributed by atoms with Gasteiger partial charge in [0.25, 0.3) is 0 Å². The molecular weight excluding hydrogens is 256 g/mol. The van der Waals surface area contributed by atoms with Gasteiger partial charge in [0.15, 0.2) is 0 Å². The predicted octanol–water partition coefficient (Wildman–Crippen LogP) is 2.96. The van der Waals surface area contributed by atoms with Gasteiger partial charge in [0, 0.05) is 23.4 Å². The first kappa shape index (κ1) is 11.0. The van der Waals surface area contributed by atoms with Crippen LogP contribution in [0, 0.1) is 5.82 Å². The number of benzene rings is 1. The lowest BCUT2D eigenvalue weighted by molar-refractivity contribution is 0.626. The summed E-state index contributed by atoms with van der Waals surface area (Å²) in [5, 5.41) is 4.53. The standard InChI is InChI=1S/C9H10BrClFN/c10-3-4-13-6-7-1-2-8(12)5-9(7)11/h1-2,5,13H,3-4,6H2. The van der Waals surface area contributed by atoms with E-state index in [-0.39, 0.29) is 5.82 Å². The maximum atomic E-state index is 12.6. The molecule has 0 aliphatic carbocycles. The van der Waals surface area contributed by atoms with E-state index in [2.05, 4.69) is 21.2 Å². The molecule has 72 valence electrons. The van der Waals surface area contributed by atoms with E-state index < -0.39 is 0 Å². The molecule has 0 bridgehead atoms. The zero-order valence-electron chi connectivity index (χ0n) is 6.99. The second-order valence-electron chi connectivity index (χ2n) is 2.60. The lowest BCUT2D eigenvalue weighted by atomic mass is 10.2. The zero-order valence-corrected chi connectivity index (χ0v) is 9.33. The highest BCUT2D eigenvalue weighted by atomic mass is 79.9. The van der Waals surface area contributed by atoms with Gasteiger partial charge >= 0.3 is 0 Å². The van der Waals surface area contributed by atoms with Crippen LogP contribution in [0.4, 0.5) is 4.39 Å². The highest BCUT2D eigenvalue weighted by Gasteiger charge is 2.00. The average molecular weight is 267 g/mol. The Labute approximate surface area is 90.4 Å². The molecule has 1 rings (SSSR count). The van der Waals surface area contributed by atoms with Crippen molar-refractivity contribution in [2.24, 2.45) is 0 Å². The molecule has 0 saturated heterocycles. The van der Waals surface area contributed by atoms with Crippen molar-refractivity contribution in [2.45, 2.75) is 6.54 Å². The fraction of sp³-hybridized carbons (Fsp3) is 0.333. The van der Waals surface area contributed by atoms with Crippen LogP contribution in [0.2, 0.25) is 5.02 Å². The molecule has 0 saturated carbocycles. The number of nitrogens with one attached hydrogen (secondary N) is 1. The molecule has 0 aliphatic rings. The molecule has 1 nitrogen and oxygen atoms in total. The van der Waals surface area contributed by atoms with Gasteiger partial charge in [-0.3, -0.25) is 0 Å². The molecule has 0 spiro atoms. The molecule has 0 unspecified atom stereocenters. The van der Waals surface area contributed by atoms with E-state index in [0.29, 0.717) is 11.6 Å². The second kappa shape index (κ2) is 5.58. The van der Waals surface area contributed by atoms with Crippen molar-refractivity contribution in [2.75, 3.05) is 11.9 Å². The summed E-state index contributed by atoms with van der Waals surface area (Å²) >= 11 is 9.11. The molecule has 1 aromatic carbocycles. The molecule has 4 heteroatoms. The first-order valence-electron chi connectivity index (χ1n) is 3.94. The summed E-state index contributed by atoms with van der Waals surface area (Å²) in [7, 11) is 0. The number of rotatable bonds is 4. The Kier molecular flexibility index (Phi) is 4.70. The molecule has 0 fully saturated rings. The molecule has 0 heterocycles. The first-order chi connectivity index (χ1) is 6.24. The minimum atomic E-state index is -0.297. The van der Waals surface area contributed by atoms with Crippen LogP contribution in [0.1, 0.15) is 5.56 Å². The van der Waals surface area contributed by atoms with E-state index in [0.717, 1.165) is 17.4 Å². The van der Waals surface area contributed by atoms with Crippen molar-refractivity contribution >= 4 is 27.5 Å². The monoisotopic (exact) mass is 265 g/mol. The minimum Gasteiger partial charge on any atom is -0.312 e. The third kappa shape index (κ3) is 3.63. The normalized spacial score (nSPS) is 10.4. The Hall–Kier alpha value is -0.120. The summed E-state index contributed by atoms with van der Waals surface area (Å²) in [4.78, 5) is 0. The average Bonchev–Trinajstić information content (AvgIpc) is 2.09. The topological polar surface area (TPSA) is 12.0 Å². The van der Waals surface area contributed by atoms with E-state index >= 15 is 0 Å². The van der Waals surface area contributed by atoms with Crippen molar-refractivity contribution in [1.82, 2.24) is 5.32 Å². The molecule has 0 radical (unpaired) electrons. The van der Waals surface area contributed by atoms with Gasteiger partial charge in [-0.25, -0.2) is 4.39 Å². The molecule has 0 atom stereocenters. The zero-order chi connectivity index (χ0) is 9.68. The van der Waals surface area contributed by atoms with Crippen molar-refractivity contribution in [3.05, 3.63) is 34.6 Å². The highest BCUT2D eigenvalue weighted by Crippen LogP contribution is 2.16. The van der Waals surface area contributed by atoms with E-state index in [4.69, 9.17) is 11.6 Å². The Morgan fingerprint density at radius 1 is 1.46 bits per heavy atom. The number of alkyl halides is 1. The summed E-state index contributed by atoms with van der Waals surface area (Å²) < 4.78 is 12.6. The molecular formula is C9H10BrClFN. The number of halogens is 3. The molecule has 0 aliphatic heterocycles. The molecule has 0 amide bonds. The third-order valence-electron chi connectivity index (χ3n) is 1.60. The van der Waals surface area contributed by atoms with E-state index in [1.807, 2.05) is 0 Å². The fourth-order valence-electron chi connectivity index (χ4n) is 0.955. The number of hydrogen-bond donors (Lipinski definition) is 1. The number of hydrogen-bond acceptors (Lipinski definition) is 1. The Morgan fingerprint density at radius 2 is 2.23 bits per heavy atom. The van der Waals surface area contributed by atoms with Gasteiger partial charge in [0.2, 0.25) is 0 Å². The molecule has 1 N–H and O–H groups in total. The maximum absolute atomic E-state index is 12.6. The van der Waals surface area contributed by atoms with E-state index in [9.17, 15) is 4.39 Å². The third-order valence-corrected chi connectivity index (χ3v) is 2.35. The predicted molar refractivity (Wildman–Crippen MR) is 56.9 cm³/mol. The van der Waals surface area contributed by atoms with Gasteiger partial charge in [0.05, 0.1) is 0 Å². The van der Waals surface area contributed by atoms with Crippen molar-refractivity contribution < 1.29 is 4.39 Å². The van der Waals surface area contributed by atoms with Crippen LogP contribution < -0.4 is 5.32 Å². The summed E-state index contributed by atoms with van der Waals surface area (Å²) in [6, 6.07) is 4.43. The summed E-state index contributed by atoms with van der Waals surface area (Å²) in [5.74, 6) is -0.297. The van der Waals surface area contributed by atoms with E-state index in [1.165, 1.54) is 12.1 Å². The summed E-state index contributed by atoms with van der Waals surface area (Å²) in [6.45, 7) is 1.54. The maximum Gasteiger partial charge on any atom is 0.124 e. The van der Waals surface area contributed by atoms with Gasteiger partial charge in [-0.15, -0.1) is 0 Å². The SMILES string of the molecule is Fc1ccc(CNCCBr)c(Cl)c1. The van der Waals surface area contributed by atoms with Crippen molar-refractivity contribution in [1.29, 1.82) is 0 Å². The Morgan fingerprint density at radius 3 is 2.85 bits per heavy atom. The smallest absolute Gasteiger partial charge is 0.124 e. The van der Waals surface area contributed by atoms with Gasteiger partial charge in [-0.2, -0.15) is 0 Å². The van der Waals surface area contributed by atoms with Gasteiger partial charge in [-0.1, -0.05) is 33.6 Å². The van der Waals surface area contributed by atoms with Crippen molar-refractivity contribution in [3.63, 3.8) is 0 Å². The van der Waals surface area contributed by atoms with Crippen LogP contribution in [-0.2, 0) is 6.54 Å². The van der Waals surface area contributed by atoms with Crippen LogP contribution in [0.15, 0.2) is 18.2 Å². The first-order valence-corrected chi connectivity index (χ1v) is 5.44. The molecule has 0 aromatic heterocycles. The quantitative estimate of drug-likeness (QED) is 0.653. The molecule has 1 aromatic rings. The van der Waals surface area contributed by atoms with Gasteiger partial charge in [0.1, 0.15) is 5.82 Å². The minimum absolute atomic E-state index is 0.297. The van der Waals surface area contributed by atoms with E-state index in [1.54, 1.807) is 6.07 Å². The summed E-state index contributed by atoms with van der Waals surface area (Å²) in [6.07, 6.45) is 0. The largest absolute Gasteiger partial charge is 0.312 e. The molecule has 13 heavy (non-hydrogen) atoms. The summed E-state index contributed by atoms with van der Waals surface area (Å²) in [5.41, 5.74) is 0.920. The van der Waals surface area contributed by atoms with Crippen molar-refractivity contribution in [3.8, 4) is 0 Å².